The van der Waals surface area contributed by atoms with E-state index in [2.05, 4.69) is 22.5 Å². The van der Waals surface area contributed by atoms with Gasteiger partial charge in [-0.3, -0.25) is 9.69 Å². The van der Waals surface area contributed by atoms with E-state index in [0.29, 0.717) is 12.3 Å². The summed E-state index contributed by atoms with van der Waals surface area (Å²) in [5.74, 6) is 0.586. The molecule has 0 spiro atoms. The third kappa shape index (κ3) is 3.28. The van der Waals surface area contributed by atoms with E-state index < -0.39 is 0 Å². The molecule has 1 aromatic carbocycles. The van der Waals surface area contributed by atoms with Crippen LogP contribution in [0.25, 0.3) is 0 Å². The van der Waals surface area contributed by atoms with Gasteiger partial charge in [0.1, 0.15) is 6.04 Å². The molecule has 1 heterocycles. The summed E-state index contributed by atoms with van der Waals surface area (Å²) < 4.78 is 5.16. The number of hydrogen-bond acceptors (Lipinski definition) is 5. The number of phenolic OH excluding ortho intramolecular Hbond substituents is 1. The lowest BCUT2D eigenvalue weighted by Crippen LogP contribution is -2.57. The van der Waals surface area contributed by atoms with Gasteiger partial charge in [-0.15, -0.1) is 0 Å². The molecule has 0 aliphatic carbocycles. The summed E-state index contributed by atoms with van der Waals surface area (Å²) in [7, 11) is 3.19. The molecule has 6 heteroatoms. The molecule has 1 aliphatic heterocycles. The van der Waals surface area contributed by atoms with E-state index in [1.807, 2.05) is 12.1 Å². The van der Waals surface area contributed by atoms with Crippen LogP contribution in [0, 0.1) is 0 Å². The summed E-state index contributed by atoms with van der Waals surface area (Å²) >= 11 is 0. The van der Waals surface area contributed by atoms with Crippen LogP contribution in [0.2, 0.25) is 0 Å². The van der Waals surface area contributed by atoms with E-state index in [0.717, 1.165) is 18.7 Å². The minimum absolute atomic E-state index is 0.0137. The Kier molecular flexibility index (Phi) is 5.03. The van der Waals surface area contributed by atoms with Gasteiger partial charge in [-0.1, -0.05) is 6.07 Å². The zero-order chi connectivity index (χ0) is 15.4. The van der Waals surface area contributed by atoms with Crippen molar-refractivity contribution in [2.75, 3.05) is 33.8 Å². The molecule has 6 nitrogen and oxygen atoms in total. The van der Waals surface area contributed by atoms with Crippen LogP contribution in [0.15, 0.2) is 18.2 Å². The summed E-state index contributed by atoms with van der Waals surface area (Å²) in [5, 5.41) is 15.7. The lowest BCUT2D eigenvalue weighted by atomic mass is 10.0. The SMILES string of the molecule is CNC(=O)C1CNCCN1C(C)c1ccc(O)c(OC)c1. The molecule has 21 heavy (non-hydrogen) atoms. The van der Waals surface area contributed by atoms with Crippen LogP contribution >= 0.6 is 0 Å². The highest BCUT2D eigenvalue weighted by Gasteiger charge is 2.31. The number of carbonyl (C=O) groups excluding carboxylic acids is 1. The molecule has 1 aliphatic rings. The molecule has 1 fully saturated rings. The number of likely N-dealkylation sites (N-methyl/N-ethyl adjacent to an activating group) is 1. The number of phenols is 1. The van der Waals surface area contributed by atoms with Crippen molar-refractivity contribution in [3.63, 3.8) is 0 Å². The van der Waals surface area contributed by atoms with Crippen molar-refractivity contribution in [3.05, 3.63) is 23.8 Å². The smallest absolute Gasteiger partial charge is 0.238 e. The first-order chi connectivity index (χ1) is 10.1. The largest absolute Gasteiger partial charge is 0.504 e. The maximum Gasteiger partial charge on any atom is 0.238 e. The average molecular weight is 293 g/mol. The van der Waals surface area contributed by atoms with Crippen LogP contribution in [-0.2, 0) is 4.79 Å². The van der Waals surface area contributed by atoms with Crippen LogP contribution in [0.1, 0.15) is 18.5 Å². The Bertz CT molecular complexity index is 507. The number of hydrogen-bond donors (Lipinski definition) is 3. The average Bonchev–Trinajstić information content (AvgIpc) is 2.54. The Morgan fingerprint density at radius 2 is 2.33 bits per heavy atom. The molecule has 2 rings (SSSR count). The highest BCUT2D eigenvalue weighted by molar-refractivity contribution is 5.81. The fourth-order valence-corrected chi connectivity index (χ4v) is 2.74. The second kappa shape index (κ2) is 6.78. The molecule has 1 aromatic rings. The second-order valence-corrected chi connectivity index (χ2v) is 5.18. The molecule has 1 amide bonds. The second-order valence-electron chi connectivity index (χ2n) is 5.18. The van der Waals surface area contributed by atoms with Gasteiger partial charge in [0, 0.05) is 32.7 Å². The number of amides is 1. The van der Waals surface area contributed by atoms with Crippen LogP contribution < -0.4 is 15.4 Å². The highest BCUT2D eigenvalue weighted by Crippen LogP contribution is 2.31. The Hall–Kier alpha value is -1.79. The van der Waals surface area contributed by atoms with Gasteiger partial charge in [-0.05, 0) is 24.6 Å². The van der Waals surface area contributed by atoms with Gasteiger partial charge in [0.15, 0.2) is 11.5 Å². The summed E-state index contributed by atoms with van der Waals surface area (Å²) in [4.78, 5) is 14.2. The van der Waals surface area contributed by atoms with Gasteiger partial charge in [-0.25, -0.2) is 0 Å². The minimum atomic E-state index is -0.196. The van der Waals surface area contributed by atoms with Gasteiger partial charge in [-0.2, -0.15) is 0 Å². The molecule has 0 bridgehead atoms. The van der Waals surface area contributed by atoms with Crippen LogP contribution in [0.5, 0.6) is 11.5 Å². The zero-order valence-electron chi connectivity index (χ0n) is 12.7. The first-order valence-corrected chi connectivity index (χ1v) is 7.13. The van der Waals surface area contributed by atoms with Crippen molar-refractivity contribution >= 4 is 5.91 Å². The third-order valence-electron chi connectivity index (χ3n) is 4.02. The predicted molar refractivity (Wildman–Crippen MR) is 80.5 cm³/mol. The minimum Gasteiger partial charge on any atom is -0.504 e. The van der Waals surface area contributed by atoms with Crippen LogP contribution in [0.3, 0.4) is 0 Å². The van der Waals surface area contributed by atoms with Gasteiger partial charge in [0.25, 0.3) is 0 Å². The first kappa shape index (κ1) is 15.6. The van der Waals surface area contributed by atoms with Crippen LogP contribution in [-0.4, -0.2) is 55.7 Å². The van der Waals surface area contributed by atoms with Gasteiger partial charge < -0.3 is 20.5 Å². The lowest BCUT2D eigenvalue weighted by Gasteiger charge is -2.39. The molecule has 0 aromatic heterocycles. The zero-order valence-corrected chi connectivity index (χ0v) is 12.7. The summed E-state index contributed by atoms with van der Waals surface area (Å²) in [6.45, 7) is 4.35. The summed E-state index contributed by atoms with van der Waals surface area (Å²) in [5.41, 5.74) is 1.01. The van der Waals surface area contributed by atoms with Crippen molar-refractivity contribution in [3.8, 4) is 11.5 Å². The molecule has 116 valence electrons. The van der Waals surface area contributed by atoms with E-state index in [9.17, 15) is 9.90 Å². The van der Waals surface area contributed by atoms with E-state index in [4.69, 9.17) is 4.74 Å². The Labute approximate surface area is 125 Å². The predicted octanol–water partition coefficient (Wildman–Crippen LogP) is 0.482. The van der Waals surface area contributed by atoms with Crippen molar-refractivity contribution in [1.82, 2.24) is 15.5 Å². The van der Waals surface area contributed by atoms with Gasteiger partial charge in [0.2, 0.25) is 5.91 Å². The lowest BCUT2D eigenvalue weighted by molar-refractivity contribution is -0.127. The normalized spacial score (nSPS) is 20.8. The quantitative estimate of drug-likeness (QED) is 0.753. The number of aromatic hydroxyl groups is 1. The topological polar surface area (TPSA) is 73.8 Å². The summed E-state index contributed by atoms with van der Waals surface area (Å²) in [6.07, 6.45) is 0. The van der Waals surface area contributed by atoms with Crippen molar-refractivity contribution in [1.29, 1.82) is 0 Å². The van der Waals surface area contributed by atoms with Gasteiger partial charge in [0.05, 0.1) is 7.11 Å². The van der Waals surface area contributed by atoms with E-state index in [-0.39, 0.29) is 23.7 Å². The molecular formula is C15H23N3O3. The van der Waals surface area contributed by atoms with E-state index in [1.165, 1.54) is 7.11 Å². The monoisotopic (exact) mass is 293 g/mol. The number of piperazine rings is 1. The molecule has 0 radical (unpaired) electrons. The van der Waals surface area contributed by atoms with Crippen molar-refractivity contribution in [2.45, 2.75) is 19.0 Å². The maximum atomic E-state index is 12.0. The standard InChI is InChI=1S/C15H23N3O3/c1-10(11-4-5-13(19)14(8-11)21-3)18-7-6-17-9-12(18)15(20)16-2/h4-5,8,10,12,17,19H,6-7,9H2,1-3H3,(H,16,20). The number of rotatable bonds is 4. The van der Waals surface area contributed by atoms with E-state index >= 15 is 0 Å². The number of nitrogens with zero attached hydrogens (tertiary/aromatic N) is 1. The molecule has 1 saturated heterocycles. The van der Waals surface area contributed by atoms with Gasteiger partial charge >= 0.3 is 0 Å². The highest BCUT2D eigenvalue weighted by atomic mass is 16.5. The molecular weight excluding hydrogens is 270 g/mol. The Morgan fingerprint density at radius 3 is 3.00 bits per heavy atom. The number of carbonyl (C=O) groups is 1. The first-order valence-electron chi connectivity index (χ1n) is 7.13. The number of benzene rings is 1. The number of ether oxygens (including phenoxy) is 1. The molecule has 3 N–H and O–H groups in total. The Balaban J connectivity index is 2.24. The maximum absolute atomic E-state index is 12.0. The number of methoxy groups -OCH3 is 1. The molecule has 2 unspecified atom stereocenters. The molecule has 2 atom stereocenters. The Morgan fingerprint density at radius 1 is 1.57 bits per heavy atom. The fraction of sp³-hybridized carbons (Fsp3) is 0.533. The summed E-state index contributed by atoms with van der Waals surface area (Å²) in [6, 6.07) is 5.18. The van der Waals surface area contributed by atoms with Crippen LogP contribution in [0.4, 0.5) is 0 Å². The molecule has 0 saturated carbocycles. The van der Waals surface area contributed by atoms with Crippen molar-refractivity contribution in [2.24, 2.45) is 0 Å². The third-order valence-corrected chi connectivity index (χ3v) is 4.02. The fourth-order valence-electron chi connectivity index (χ4n) is 2.74. The van der Waals surface area contributed by atoms with Crippen molar-refractivity contribution < 1.29 is 14.6 Å². The number of nitrogens with one attached hydrogen (secondary N) is 2. The van der Waals surface area contributed by atoms with E-state index in [1.54, 1.807) is 13.1 Å².